The largest absolute Gasteiger partial charge is 0.478 e. The normalized spacial score (nSPS) is 11.4. The van der Waals surface area contributed by atoms with Crippen LogP contribution in [-0.4, -0.2) is 19.5 Å². The van der Waals surface area contributed by atoms with Gasteiger partial charge in [0.2, 0.25) is 0 Å². The van der Waals surface area contributed by atoms with Crippen molar-refractivity contribution in [3.63, 3.8) is 0 Å². The highest BCUT2D eigenvalue weighted by Gasteiger charge is 2.28. The second-order valence-electron chi connectivity index (χ2n) is 6.92. The van der Waals surface area contributed by atoms with Crippen molar-refractivity contribution in [3.8, 4) is 0 Å². The van der Waals surface area contributed by atoms with E-state index in [9.17, 15) is 18.3 Å². The Balaban J connectivity index is 1.94. The molecule has 150 valence electrons. The lowest BCUT2D eigenvalue weighted by molar-refractivity contribution is 0.0696. The number of benzene rings is 4. The summed E-state index contributed by atoms with van der Waals surface area (Å²) in [5.41, 5.74) is 1.39. The standard InChI is InChI=1S/C24H19NO4S/c1-17-11-14-22(16-23(17)24(26)27)30(28,29)25(20-9-3-2-4-10-20)21-13-12-18-7-5-6-8-19(18)15-21/h2-16H,1H3,(H,26,27). The van der Waals surface area contributed by atoms with Crippen LogP contribution in [0.15, 0.2) is 95.9 Å². The average Bonchev–Trinajstić information content (AvgIpc) is 2.74. The maximum Gasteiger partial charge on any atom is 0.335 e. The predicted octanol–water partition coefficient (Wildman–Crippen LogP) is 5.37. The first-order valence-corrected chi connectivity index (χ1v) is 10.7. The van der Waals surface area contributed by atoms with E-state index in [0.717, 1.165) is 10.8 Å². The molecule has 0 aliphatic rings. The molecule has 4 aromatic carbocycles. The van der Waals surface area contributed by atoms with Crippen LogP contribution >= 0.6 is 0 Å². The number of anilines is 2. The van der Waals surface area contributed by atoms with Gasteiger partial charge in [-0.25, -0.2) is 17.5 Å². The molecule has 0 heterocycles. The number of sulfonamides is 1. The van der Waals surface area contributed by atoms with Crippen molar-refractivity contribution in [2.45, 2.75) is 11.8 Å². The van der Waals surface area contributed by atoms with E-state index in [2.05, 4.69) is 0 Å². The molecular formula is C24H19NO4S. The molecule has 0 spiro atoms. The Morgan fingerprint density at radius 3 is 2.13 bits per heavy atom. The number of aryl methyl sites for hydroxylation is 1. The average molecular weight is 417 g/mol. The third-order valence-corrected chi connectivity index (χ3v) is 6.69. The van der Waals surface area contributed by atoms with Crippen molar-refractivity contribution in [3.05, 3.63) is 102 Å². The Morgan fingerprint density at radius 1 is 0.767 bits per heavy atom. The predicted molar refractivity (Wildman–Crippen MR) is 118 cm³/mol. The van der Waals surface area contributed by atoms with Crippen LogP contribution in [0.5, 0.6) is 0 Å². The Labute approximate surface area is 174 Å². The van der Waals surface area contributed by atoms with Crippen molar-refractivity contribution in [2.75, 3.05) is 4.31 Å². The summed E-state index contributed by atoms with van der Waals surface area (Å²) in [6.45, 7) is 1.64. The number of carboxylic acids is 1. The zero-order chi connectivity index (χ0) is 21.3. The highest BCUT2D eigenvalue weighted by Crippen LogP contribution is 2.34. The molecule has 0 aliphatic heterocycles. The molecule has 0 atom stereocenters. The molecule has 6 heteroatoms. The second kappa shape index (κ2) is 7.65. The molecule has 0 unspecified atom stereocenters. The van der Waals surface area contributed by atoms with Crippen LogP contribution < -0.4 is 4.31 Å². The number of hydrogen-bond donors (Lipinski definition) is 1. The van der Waals surface area contributed by atoms with Crippen molar-refractivity contribution in [2.24, 2.45) is 0 Å². The lowest BCUT2D eigenvalue weighted by Gasteiger charge is -2.25. The Morgan fingerprint density at radius 2 is 1.43 bits per heavy atom. The minimum Gasteiger partial charge on any atom is -0.478 e. The van der Waals surface area contributed by atoms with Crippen LogP contribution in [0.2, 0.25) is 0 Å². The minimum absolute atomic E-state index is 0.0393. The van der Waals surface area contributed by atoms with Gasteiger partial charge in [0, 0.05) is 0 Å². The number of aromatic carboxylic acids is 1. The second-order valence-corrected chi connectivity index (χ2v) is 8.71. The highest BCUT2D eigenvalue weighted by atomic mass is 32.2. The van der Waals surface area contributed by atoms with Crippen molar-refractivity contribution in [1.82, 2.24) is 0 Å². The molecule has 0 saturated carbocycles. The first kappa shape index (κ1) is 19.7. The zero-order valence-electron chi connectivity index (χ0n) is 16.2. The van der Waals surface area contributed by atoms with E-state index < -0.39 is 16.0 Å². The number of nitrogens with zero attached hydrogens (tertiary/aromatic N) is 1. The molecule has 0 fully saturated rings. The fraction of sp³-hybridized carbons (Fsp3) is 0.0417. The lowest BCUT2D eigenvalue weighted by atomic mass is 10.1. The van der Waals surface area contributed by atoms with Gasteiger partial charge in [-0.2, -0.15) is 0 Å². The van der Waals surface area contributed by atoms with Gasteiger partial charge < -0.3 is 5.11 Å². The topological polar surface area (TPSA) is 74.7 Å². The van der Waals surface area contributed by atoms with E-state index in [1.54, 1.807) is 37.3 Å². The minimum atomic E-state index is -4.08. The summed E-state index contributed by atoms with van der Waals surface area (Å²) in [5.74, 6) is -1.17. The van der Waals surface area contributed by atoms with Crippen LogP contribution in [0.4, 0.5) is 11.4 Å². The van der Waals surface area contributed by atoms with Crippen LogP contribution in [0.3, 0.4) is 0 Å². The Kier molecular flexibility index (Phi) is 5.01. The molecule has 0 aliphatic carbocycles. The van der Waals surface area contributed by atoms with Gasteiger partial charge in [0.1, 0.15) is 0 Å². The molecule has 4 aromatic rings. The van der Waals surface area contributed by atoms with E-state index in [4.69, 9.17) is 0 Å². The van der Waals surface area contributed by atoms with Gasteiger partial charge in [-0.3, -0.25) is 0 Å². The fourth-order valence-corrected chi connectivity index (χ4v) is 4.90. The van der Waals surface area contributed by atoms with Crippen LogP contribution in [-0.2, 0) is 10.0 Å². The quantitative estimate of drug-likeness (QED) is 0.473. The molecular weight excluding hydrogens is 398 g/mol. The summed E-state index contributed by atoms with van der Waals surface area (Å²) in [4.78, 5) is 11.5. The maximum absolute atomic E-state index is 13.7. The maximum atomic E-state index is 13.7. The highest BCUT2D eigenvalue weighted by molar-refractivity contribution is 7.93. The smallest absolute Gasteiger partial charge is 0.335 e. The summed E-state index contributed by atoms with van der Waals surface area (Å²) in [7, 11) is -4.08. The first-order valence-electron chi connectivity index (χ1n) is 9.31. The van der Waals surface area contributed by atoms with Crippen LogP contribution in [0.25, 0.3) is 10.8 Å². The Hall–Kier alpha value is -3.64. The molecule has 0 saturated heterocycles. The third-order valence-electron chi connectivity index (χ3n) is 4.94. The first-order chi connectivity index (χ1) is 14.4. The van der Waals surface area contributed by atoms with E-state index in [-0.39, 0.29) is 10.5 Å². The fourth-order valence-electron chi connectivity index (χ4n) is 3.39. The third kappa shape index (κ3) is 3.53. The number of rotatable bonds is 5. The number of para-hydroxylation sites is 1. The molecule has 5 nitrogen and oxygen atoms in total. The van der Waals surface area contributed by atoms with Crippen LogP contribution in [0.1, 0.15) is 15.9 Å². The van der Waals surface area contributed by atoms with Crippen molar-refractivity contribution < 1.29 is 18.3 Å². The van der Waals surface area contributed by atoms with Gasteiger partial charge in [0.15, 0.2) is 0 Å². The molecule has 0 bridgehead atoms. The van der Waals surface area contributed by atoms with Crippen molar-refractivity contribution in [1.29, 1.82) is 0 Å². The molecule has 30 heavy (non-hydrogen) atoms. The number of carboxylic acid groups (broad SMARTS) is 1. The lowest BCUT2D eigenvalue weighted by Crippen LogP contribution is -2.26. The van der Waals surface area contributed by atoms with Crippen LogP contribution in [0, 0.1) is 6.92 Å². The van der Waals surface area contributed by atoms with E-state index in [0.29, 0.717) is 16.9 Å². The number of carbonyl (C=O) groups is 1. The number of hydrogen-bond acceptors (Lipinski definition) is 3. The van der Waals surface area contributed by atoms with Gasteiger partial charge in [0.25, 0.3) is 10.0 Å². The molecule has 0 aromatic heterocycles. The van der Waals surface area contributed by atoms with E-state index in [1.807, 2.05) is 42.5 Å². The van der Waals surface area contributed by atoms with Gasteiger partial charge in [-0.15, -0.1) is 0 Å². The van der Waals surface area contributed by atoms with Crippen molar-refractivity contribution >= 4 is 38.1 Å². The summed E-state index contributed by atoms with van der Waals surface area (Å²) < 4.78 is 28.6. The SMILES string of the molecule is Cc1ccc(S(=O)(=O)N(c2ccccc2)c2ccc3ccccc3c2)cc1C(=O)O. The summed E-state index contributed by atoms with van der Waals surface area (Å²) in [6.07, 6.45) is 0. The molecule has 1 N–H and O–H groups in total. The zero-order valence-corrected chi connectivity index (χ0v) is 17.0. The summed E-state index contributed by atoms with van der Waals surface area (Å²) >= 11 is 0. The monoisotopic (exact) mass is 417 g/mol. The molecule has 4 rings (SSSR count). The van der Waals surface area contributed by atoms with Gasteiger partial charge in [0.05, 0.1) is 21.8 Å². The summed E-state index contributed by atoms with van der Waals surface area (Å²) in [6, 6.07) is 26.0. The summed E-state index contributed by atoms with van der Waals surface area (Å²) in [5, 5.41) is 11.3. The molecule has 0 radical (unpaired) electrons. The molecule has 0 amide bonds. The number of fused-ring (bicyclic) bond motifs is 1. The van der Waals surface area contributed by atoms with E-state index in [1.165, 1.54) is 22.5 Å². The van der Waals surface area contributed by atoms with Gasteiger partial charge in [-0.1, -0.05) is 54.6 Å². The van der Waals surface area contributed by atoms with E-state index >= 15 is 0 Å². The van der Waals surface area contributed by atoms with Gasteiger partial charge >= 0.3 is 5.97 Å². The van der Waals surface area contributed by atoms with Gasteiger partial charge in [-0.05, 0) is 59.7 Å². The Bertz CT molecular complexity index is 1350.